The molecule has 0 aromatic heterocycles. The third-order valence-electron chi connectivity index (χ3n) is 1.48. The second kappa shape index (κ2) is 5.41. The van der Waals surface area contributed by atoms with Crippen molar-refractivity contribution in [3.8, 4) is 0 Å². The molecule has 6 heteroatoms. The lowest BCUT2D eigenvalue weighted by molar-refractivity contribution is -0.267. The van der Waals surface area contributed by atoms with Crippen LogP contribution in [0.3, 0.4) is 0 Å². The molecule has 0 heterocycles. The molecular formula is C6H14O6. The summed E-state index contributed by atoms with van der Waals surface area (Å²) in [5.41, 5.74) is 0. The number of hydrogen-bond acceptors (Lipinski definition) is 6. The van der Waals surface area contributed by atoms with Gasteiger partial charge in [0.25, 0.3) is 0 Å². The lowest BCUT2D eigenvalue weighted by atomic mass is 10.0. The van der Waals surface area contributed by atoms with E-state index in [1.807, 2.05) is 0 Å². The Hall–Kier alpha value is -0.240. The van der Waals surface area contributed by atoms with Crippen molar-refractivity contribution in [3.05, 3.63) is 0 Å². The molecule has 12 heavy (non-hydrogen) atoms. The number of aliphatic hydroxyl groups is 4. The maximum absolute atomic E-state index is 9.04. The van der Waals surface area contributed by atoms with Crippen LogP contribution < -0.4 is 0 Å². The number of aliphatic hydroxyl groups excluding tert-OH is 4. The second-order valence-corrected chi connectivity index (χ2v) is 2.58. The van der Waals surface area contributed by atoms with E-state index in [1.54, 1.807) is 0 Å². The largest absolute Gasteiger partial charge is 0.391 e. The first-order valence-electron chi connectivity index (χ1n) is 3.49. The molecule has 0 bridgehead atoms. The Labute approximate surface area is 69.6 Å². The highest BCUT2D eigenvalue weighted by atomic mass is 17.1. The van der Waals surface area contributed by atoms with Gasteiger partial charge in [0.2, 0.25) is 0 Å². The van der Waals surface area contributed by atoms with Gasteiger partial charge in [0.1, 0.15) is 24.9 Å². The fourth-order valence-electron chi connectivity index (χ4n) is 0.688. The highest BCUT2D eigenvalue weighted by molar-refractivity contribution is 4.78. The van der Waals surface area contributed by atoms with E-state index in [0.717, 1.165) is 0 Å². The van der Waals surface area contributed by atoms with Crippen LogP contribution in [0.2, 0.25) is 0 Å². The Bertz CT molecular complexity index is 117. The van der Waals surface area contributed by atoms with Crippen molar-refractivity contribution in [2.75, 3.05) is 6.61 Å². The van der Waals surface area contributed by atoms with E-state index in [4.69, 9.17) is 25.7 Å². The molecule has 0 radical (unpaired) electrons. The molecule has 0 fully saturated rings. The van der Waals surface area contributed by atoms with Gasteiger partial charge in [-0.05, 0) is 6.92 Å². The SMILES string of the molecule is C[C@H](O)[C@@H](O)[C@@H](O)[C@H](O)COO. The molecule has 6 nitrogen and oxygen atoms in total. The van der Waals surface area contributed by atoms with Crippen molar-refractivity contribution in [1.29, 1.82) is 0 Å². The summed E-state index contributed by atoms with van der Waals surface area (Å²) in [6.45, 7) is 0.741. The molecule has 74 valence electrons. The molecular weight excluding hydrogens is 168 g/mol. The summed E-state index contributed by atoms with van der Waals surface area (Å²) in [7, 11) is 0. The topological polar surface area (TPSA) is 110 Å². The smallest absolute Gasteiger partial charge is 0.111 e. The summed E-state index contributed by atoms with van der Waals surface area (Å²) < 4.78 is 0. The van der Waals surface area contributed by atoms with Crippen LogP contribution >= 0.6 is 0 Å². The summed E-state index contributed by atoms with van der Waals surface area (Å²) in [6.07, 6.45) is -5.60. The molecule has 5 N–H and O–H groups in total. The van der Waals surface area contributed by atoms with Gasteiger partial charge in [-0.2, -0.15) is 0 Å². The van der Waals surface area contributed by atoms with Crippen LogP contribution in [-0.4, -0.2) is 56.7 Å². The van der Waals surface area contributed by atoms with Crippen LogP contribution in [-0.2, 0) is 4.89 Å². The lowest BCUT2D eigenvalue weighted by Crippen LogP contribution is -2.45. The third kappa shape index (κ3) is 3.44. The minimum atomic E-state index is -1.54. The molecule has 0 saturated carbocycles. The fraction of sp³-hybridized carbons (Fsp3) is 1.00. The first-order chi connectivity index (χ1) is 5.50. The van der Waals surface area contributed by atoms with Crippen molar-refractivity contribution in [1.82, 2.24) is 0 Å². The van der Waals surface area contributed by atoms with E-state index in [-0.39, 0.29) is 0 Å². The summed E-state index contributed by atoms with van der Waals surface area (Å²) in [5.74, 6) is 0. The maximum Gasteiger partial charge on any atom is 0.111 e. The molecule has 4 atom stereocenters. The van der Waals surface area contributed by atoms with Gasteiger partial charge in [-0.15, -0.1) is 0 Å². The van der Waals surface area contributed by atoms with Gasteiger partial charge in [-0.3, -0.25) is 5.26 Å². The van der Waals surface area contributed by atoms with Gasteiger partial charge < -0.3 is 20.4 Å². The van der Waals surface area contributed by atoms with E-state index in [9.17, 15) is 0 Å². The normalized spacial score (nSPS) is 21.5. The van der Waals surface area contributed by atoms with Crippen molar-refractivity contribution in [2.24, 2.45) is 0 Å². The summed E-state index contributed by atoms with van der Waals surface area (Å²) in [5, 5.41) is 43.6. The molecule has 0 aromatic carbocycles. The zero-order valence-corrected chi connectivity index (χ0v) is 6.66. The number of rotatable bonds is 5. The molecule has 0 aliphatic rings. The molecule has 0 unspecified atom stereocenters. The van der Waals surface area contributed by atoms with E-state index >= 15 is 0 Å². The van der Waals surface area contributed by atoms with Crippen molar-refractivity contribution < 1.29 is 30.6 Å². The second-order valence-electron chi connectivity index (χ2n) is 2.58. The Kier molecular flexibility index (Phi) is 5.31. The summed E-state index contributed by atoms with van der Waals surface area (Å²) in [4.78, 5) is 3.55. The Morgan fingerprint density at radius 2 is 1.58 bits per heavy atom. The molecule has 0 saturated heterocycles. The average molecular weight is 182 g/mol. The number of hydrogen-bond donors (Lipinski definition) is 5. The van der Waals surface area contributed by atoms with Crippen molar-refractivity contribution in [2.45, 2.75) is 31.3 Å². The molecule has 0 amide bonds. The zero-order chi connectivity index (χ0) is 9.72. The monoisotopic (exact) mass is 182 g/mol. The van der Waals surface area contributed by atoms with Crippen molar-refractivity contribution >= 4 is 0 Å². The third-order valence-corrected chi connectivity index (χ3v) is 1.48. The Morgan fingerprint density at radius 1 is 1.08 bits per heavy atom. The minimum absolute atomic E-state index is 0.523. The average Bonchev–Trinajstić information content (AvgIpc) is 2.02. The molecule has 0 aliphatic carbocycles. The lowest BCUT2D eigenvalue weighted by Gasteiger charge is -2.23. The van der Waals surface area contributed by atoms with Crippen LogP contribution in [0.15, 0.2) is 0 Å². The predicted molar refractivity (Wildman–Crippen MR) is 38.3 cm³/mol. The van der Waals surface area contributed by atoms with Gasteiger partial charge in [0.05, 0.1) is 6.10 Å². The van der Waals surface area contributed by atoms with E-state index in [1.165, 1.54) is 6.92 Å². The first kappa shape index (κ1) is 11.8. The Morgan fingerprint density at radius 3 is 1.92 bits per heavy atom. The van der Waals surface area contributed by atoms with Gasteiger partial charge in [-0.1, -0.05) is 0 Å². The van der Waals surface area contributed by atoms with Crippen LogP contribution in [0.4, 0.5) is 0 Å². The van der Waals surface area contributed by atoms with E-state index in [2.05, 4.69) is 4.89 Å². The molecule has 0 aliphatic heterocycles. The first-order valence-corrected chi connectivity index (χ1v) is 3.49. The highest BCUT2D eigenvalue weighted by Crippen LogP contribution is 2.04. The summed E-state index contributed by atoms with van der Waals surface area (Å²) in [6, 6.07) is 0. The minimum Gasteiger partial charge on any atom is -0.391 e. The molecule has 0 aromatic rings. The fourth-order valence-corrected chi connectivity index (χ4v) is 0.688. The van der Waals surface area contributed by atoms with Crippen molar-refractivity contribution in [3.63, 3.8) is 0 Å². The van der Waals surface area contributed by atoms with Crippen LogP contribution in [0.25, 0.3) is 0 Å². The quantitative estimate of drug-likeness (QED) is 0.247. The van der Waals surface area contributed by atoms with Crippen LogP contribution in [0, 0.1) is 0 Å². The van der Waals surface area contributed by atoms with Crippen LogP contribution in [0.1, 0.15) is 6.92 Å². The predicted octanol–water partition coefficient (Wildman–Crippen LogP) is -2.06. The standard InChI is InChI=1S/C6H14O6/c1-3(7)5(9)6(10)4(8)2-12-11/h3-11H,2H2,1H3/t3-,4+,5+,6-/m0/s1. The molecule has 0 rings (SSSR count). The molecule has 0 spiro atoms. The van der Waals surface area contributed by atoms with Crippen LogP contribution in [0.5, 0.6) is 0 Å². The van der Waals surface area contributed by atoms with Gasteiger partial charge in [0, 0.05) is 0 Å². The van der Waals surface area contributed by atoms with Gasteiger partial charge in [0.15, 0.2) is 0 Å². The zero-order valence-electron chi connectivity index (χ0n) is 6.66. The van der Waals surface area contributed by atoms with E-state index in [0.29, 0.717) is 0 Å². The van der Waals surface area contributed by atoms with E-state index < -0.39 is 31.0 Å². The maximum atomic E-state index is 9.04. The highest BCUT2D eigenvalue weighted by Gasteiger charge is 2.28. The van der Waals surface area contributed by atoms with Gasteiger partial charge >= 0.3 is 0 Å². The Balaban J connectivity index is 3.90. The van der Waals surface area contributed by atoms with Gasteiger partial charge in [-0.25, -0.2) is 4.89 Å². The summed E-state index contributed by atoms with van der Waals surface area (Å²) >= 11 is 0.